The van der Waals surface area contributed by atoms with E-state index in [0.717, 1.165) is 17.8 Å². The summed E-state index contributed by atoms with van der Waals surface area (Å²) >= 11 is 6.18. The minimum absolute atomic E-state index is 0.494. The quantitative estimate of drug-likeness (QED) is 0.781. The fraction of sp³-hybridized carbons (Fsp3) is 0.733. The zero-order valence-corrected chi connectivity index (χ0v) is 13.2. The second-order valence-electron chi connectivity index (χ2n) is 6.33. The fourth-order valence-electron chi connectivity index (χ4n) is 2.93. The summed E-state index contributed by atoms with van der Waals surface area (Å²) in [5, 5.41) is 0.593. The lowest BCUT2D eigenvalue weighted by molar-refractivity contribution is 0.222. The summed E-state index contributed by atoms with van der Waals surface area (Å²) in [4.78, 5) is 10.8. The third kappa shape index (κ3) is 3.19. The lowest BCUT2D eigenvalue weighted by Gasteiger charge is -2.39. The molecule has 0 bridgehead atoms. The fourth-order valence-corrected chi connectivity index (χ4v) is 3.20. The largest absolute Gasteiger partial charge is 0.356 e. The minimum atomic E-state index is 0.494. The van der Waals surface area contributed by atoms with Crippen molar-refractivity contribution in [3.63, 3.8) is 0 Å². The Bertz CT molecular complexity index is 435. The van der Waals surface area contributed by atoms with Crippen molar-refractivity contribution in [2.75, 3.05) is 11.9 Å². The van der Waals surface area contributed by atoms with Crippen LogP contribution in [0.5, 0.6) is 0 Å². The van der Waals surface area contributed by atoms with E-state index in [2.05, 4.69) is 42.7 Å². The van der Waals surface area contributed by atoms with E-state index in [1.165, 1.54) is 25.7 Å². The monoisotopic (exact) mass is 281 g/mol. The van der Waals surface area contributed by atoms with Crippen LogP contribution in [-0.4, -0.2) is 23.1 Å². The first-order valence-electron chi connectivity index (χ1n) is 7.17. The molecule has 0 radical (unpaired) electrons. The van der Waals surface area contributed by atoms with Gasteiger partial charge in [-0.2, -0.15) is 0 Å². The normalized spacial score (nSPS) is 19.4. The van der Waals surface area contributed by atoms with Crippen molar-refractivity contribution in [2.24, 2.45) is 5.41 Å². The third-order valence-electron chi connectivity index (χ3n) is 4.41. The Morgan fingerprint density at radius 3 is 2.53 bits per heavy atom. The van der Waals surface area contributed by atoms with Crippen LogP contribution < -0.4 is 4.90 Å². The van der Waals surface area contributed by atoms with Gasteiger partial charge in [0.2, 0.25) is 0 Å². The van der Waals surface area contributed by atoms with Crippen LogP contribution in [0.3, 0.4) is 0 Å². The molecule has 106 valence electrons. The number of nitrogens with zero attached hydrogens (tertiary/aromatic N) is 3. The molecule has 0 N–H and O–H groups in total. The smallest absolute Gasteiger partial charge is 0.137 e. The van der Waals surface area contributed by atoms with Gasteiger partial charge in [0.15, 0.2) is 0 Å². The van der Waals surface area contributed by atoms with Gasteiger partial charge in [-0.05, 0) is 37.5 Å². The predicted molar refractivity (Wildman–Crippen MR) is 80.9 cm³/mol. The predicted octanol–water partition coefficient (Wildman–Crippen LogP) is 4.10. The van der Waals surface area contributed by atoms with E-state index in [0.29, 0.717) is 16.6 Å². The van der Waals surface area contributed by atoms with E-state index in [4.69, 9.17) is 11.6 Å². The summed E-state index contributed by atoms with van der Waals surface area (Å²) in [6, 6.07) is 0.573. The molecular weight excluding hydrogens is 258 g/mol. The highest BCUT2D eigenvalue weighted by Gasteiger charge is 2.30. The van der Waals surface area contributed by atoms with Gasteiger partial charge in [0, 0.05) is 18.7 Å². The lowest BCUT2D eigenvalue weighted by atomic mass is 9.75. The number of hydrogen-bond donors (Lipinski definition) is 0. The highest BCUT2D eigenvalue weighted by atomic mass is 35.5. The average molecular weight is 282 g/mol. The molecule has 1 aromatic rings. The Labute approximate surface area is 121 Å². The summed E-state index contributed by atoms with van der Waals surface area (Å²) in [6.45, 7) is 6.83. The number of hydrogen-bond acceptors (Lipinski definition) is 3. The molecule has 2 rings (SSSR count). The van der Waals surface area contributed by atoms with Gasteiger partial charge in [0.1, 0.15) is 17.3 Å². The summed E-state index contributed by atoms with van der Waals surface area (Å²) in [6.07, 6.45) is 7.46. The minimum Gasteiger partial charge on any atom is -0.356 e. The zero-order valence-electron chi connectivity index (χ0n) is 12.4. The highest BCUT2D eigenvalue weighted by Crippen LogP contribution is 2.38. The second-order valence-corrected chi connectivity index (χ2v) is 6.68. The molecular formula is C15H24ClN3. The molecule has 0 aromatic carbocycles. The van der Waals surface area contributed by atoms with Crippen molar-refractivity contribution in [3.8, 4) is 0 Å². The van der Waals surface area contributed by atoms with Gasteiger partial charge in [-0.1, -0.05) is 32.4 Å². The zero-order chi connectivity index (χ0) is 14.0. The Morgan fingerprint density at radius 1 is 1.32 bits per heavy atom. The molecule has 3 nitrogen and oxygen atoms in total. The molecule has 0 unspecified atom stereocenters. The van der Waals surface area contributed by atoms with Crippen LogP contribution in [-0.2, 0) is 6.42 Å². The van der Waals surface area contributed by atoms with Crippen LogP contribution in [0.15, 0.2) is 6.33 Å². The summed E-state index contributed by atoms with van der Waals surface area (Å²) in [5.41, 5.74) is 1.56. The molecule has 1 fully saturated rings. The van der Waals surface area contributed by atoms with Gasteiger partial charge in [0.25, 0.3) is 0 Å². The molecule has 1 aliphatic rings. The first-order chi connectivity index (χ1) is 8.94. The van der Waals surface area contributed by atoms with Gasteiger partial charge < -0.3 is 4.90 Å². The first-order valence-corrected chi connectivity index (χ1v) is 7.54. The van der Waals surface area contributed by atoms with Crippen LogP contribution >= 0.6 is 11.6 Å². The van der Waals surface area contributed by atoms with E-state index < -0.39 is 0 Å². The molecule has 1 aromatic heterocycles. The standard InChI is InChI=1S/C15H24ClN3/c1-5-12-13(16)17-10-18-14(12)19(4)11-6-8-15(2,3)9-7-11/h10-11H,5-9H2,1-4H3. The van der Waals surface area contributed by atoms with Crippen molar-refractivity contribution in [1.82, 2.24) is 9.97 Å². The number of rotatable bonds is 3. The molecule has 1 heterocycles. The first kappa shape index (κ1) is 14.6. The Hall–Kier alpha value is -0.830. The molecule has 1 saturated carbocycles. The van der Waals surface area contributed by atoms with Gasteiger partial charge in [-0.3, -0.25) is 0 Å². The maximum atomic E-state index is 6.18. The maximum absolute atomic E-state index is 6.18. The van der Waals surface area contributed by atoms with Crippen molar-refractivity contribution in [3.05, 3.63) is 17.0 Å². The molecule has 0 aliphatic heterocycles. The van der Waals surface area contributed by atoms with Gasteiger partial charge in [-0.25, -0.2) is 9.97 Å². The topological polar surface area (TPSA) is 29.0 Å². The van der Waals surface area contributed by atoms with E-state index in [9.17, 15) is 0 Å². The maximum Gasteiger partial charge on any atom is 0.137 e. The molecule has 0 spiro atoms. The number of aromatic nitrogens is 2. The molecule has 19 heavy (non-hydrogen) atoms. The highest BCUT2D eigenvalue weighted by molar-refractivity contribution is 6.30. The SMILES string of the molecule is CCc1c(Cl)ncnc1N(C)C1CCC(C)(C)CC1. The summed E-state index contributed by atoms with van der Waals surface area (Å²) < 4.78 is 0. The molecule has 0 atom stereocenters. The average Bonchev–Trinajstić information content (AvgIpc) is 2.37. The summed E-state index contributed by atoms with van der Waals surface area (Å²) in [5.74, 6) is 1.01. The van der Waals surface area contributed by atoms with Crippen molar-refractivity contribution >= 4 is 17.4 Å². The van der Waals surface area contributed by atoms with E-state index in [-0.39, 0.29) is 0 Å². The Balaban J connectivity index is 2.16. The number of anilines is 1. The number of halogens is 1. The molecule has 0 saturated heterocycles. The molecule has 4 heteroatoms. The lowest BCUT2D eigenvalue weighted by Crippen LogP contribution is -2.38. The van der Waals surface area contributed by atoms with E-state index >= 15 is 0 Å². The third-order valence-corrected chi connectivity index (χ3v) is 4.74. The van der Waals surface area contributed by atoms with E-state index in [1.807, 2.05) is 0 Å². The van der Waals surface area contributed by atoms with Gasteiger partial charge in [0.05, 0.1) is 0 Å². The van der Waals surface area contributed by atoms with Crippen molar-refractivity contribution in [1.29, 1.82) is 0 Å². The Kier molecular flexibility index (Phi) is 4.34. The van der Waals surface area contributed by atoms with Crippen LogP contribution in [0, 0.1) is 5.41 Å². The van der Waals surface area contributed by atoms with Crippen LogP contribution in [0.25, 0.3) is 0 Å². The van der Waals surface area contributed by atoms with Crippen molar-refractivity contribution in [2.45, 2.75) is 58.9 Å². The van der Waals surface area contributed by atoms with Crippen LogP contribution in [0.4, 0.5) is 5.82 Å². The van der Waals surface area contributed by atoms with Gasteiger partial charge in [-0.15, -0.1) is 0 Å². The Morgan fingerprint density at radius 2 is 1.95 bits per heavy atom. The summed E-state index contributed by atoms with van der Waals surface area (Å²) in [7, 11) is 2.14. The van der Waals surface area contributed by atoms with Crippen LogP contribution in [0.2, 0.25) is 5.15 Å². The van der Waals surface area contributed by atoms with Gasteiger partial charge >= 0.3 is 0 Å². The van der Waals surface area contributed by atoms with E-state index in [1.54, 1.807) is 6.33 Å². The van der Waals surface area contributed by atoms with Crippen LogP contribution in [0.1, 0.15) is 52.0 Å². The second kappa shape index (κ2) is 5.66. The molecule has 0 amide bonds. The van der Waals surface area contributed by atoms with Crippen molar-refractivity contribution < 1.29 is 0 Å². The molecule has 1 aliphatic carbocycles.